The third-order valence-corrected chi connectivity index (χ3v) is 3.72. The minimum atomic E-state index is 0.678. The molecule has 3 rings (SSSR count). The van der Waals surface area contributed by atoms with Crippen molar-refractivity contribution in [1.82, 2.24) is 9.55 Å². The summed E-state index contributed by atoms with van der Waals surface area (Å²) in [4.78, 5) is 4.78. The molecule has 0 saturated heterocycles. The van der Waals surface area contributed by atoms with Gasteiger partial charge in [-0.15, -0.1) is 11.6 Å². The number of hydrogen-bond acceptors (Lipinski definition) is 1. The molecular formula is C17H17ClN2. The lowest BCUT2D eigenvalue weighted by molar-refractivity contribution is 0.667. The average molecular weight is 285 g/mol. The molecule has 0 N–H and O–H groups in total. The van der Waals surface area contributed by atoms with Gasteiger partial charge in [0.1, 0.15) is 5.82 Å². The first-order valence-electron chi connectivity index (χ1n) is 6.92. The standard InChI is InChI=1S/C17H17ClN2/c18-11-6-12-20-16-10-5-4-9-15(16)19-17(20)13-14-7-2-1-3-8-14/h1-5,7-10H,6,11-13H2. The van der Waals surface area contributed by atoms with Gasteiger partial charge >= 0.3 is 0 Å². The monoisotopic (exact) mass is 284 g/mol. The third-order valence-electron chi connectivity index (χ3n) is 3.45. The highest BCUT2D eigenvalue weighted by Gasteiger charge is 2.10. The molecule has 0 spiro atoms. The van der Waals surface area contributed by atoms with Gasteiger partial charge in [0.25, 0.3) is 0 Å². The molecule has 3 heteroatoms. The van der Waals surface area contributed by atoms with Crippen molar-refractivity contribution in [3.8, 4) is 0 Å². The van der Waals surface area contributed by atoms with E-state index in [-0.39, 0.29) is 0 Å². The summed E-state index contributed by atoms with van der Waals surface area (Å²) >= 11 is 5.85. The fourth-order valence-electron chi connectivity index (χ4n) is 2.51. The van der Waals surface area contributed by atoms with Crippen LogP contribution in [-0.2, 0) is 13.0 Å². The maximum atomic E-state index is 5.85. The summed E-state index contributed by atoms with van der Waals surface area (Å²) in [5.41, 5.74) is 3.55. The van der Waals surface area contributed by atoms with Crippen molar-refractivity contribution in [2.45, 2.75) is 19.4 Å². The van der Waals surface area contributed by atoms with Crippen LogP contribution in [0.1, 0.15) is 17.8 Å². The van der Waals surface area contributed by atoms with Crippen LogP contribution >= 0.6 is 11.6 Å². The lowest BCUT2D eigenvalue weighted by Crippen LogP contribution is -2.05. The van der Waals surface area contributed by atoms with Crippen LogP contribution in [0.5, 0.6) is 0 Å². The van der Waals surface area contributed by atoms with Crippen molar-refractivity contribution >= 4 is 22.6 Å². The van der Waals surface area contributed by atoms with Crippen molar-refractivity contribution in [2.75, 3.05) is 5.88 Å². The Morgan fingerprint density at radius 2 is 1.70 bits per heavy atom. The van der Waals surface area contributed by atoms with E-state index in [2.05, 4.69) is 47.0 Å². The summed E-state index contributed by atoms with van der Waals surface area (Å²) in [6.45, 7) is 0.923. The van der Waals surface area contributed by atoms with E-state index in [1.807, 2.05) is 12.1 Å². The molecule has 0 fully saturated rings. The number of aryl methyl sites for hydroxylation is 1. The van der Waals surface area contributed by atoms with Gasteiger partial charge in [-0.1, -0.05) is 42.5 Å². The first-order chi connectivity index (χ1) is 9.88. The SMILES string of the molecule is ClCCCn1c(Cc2ccccc2)nc2ccccc21. The van der Waals surface area contributed by atoms with E-state index in [0.717, 1.165) is 30.7 Å². The van der Waals surface area contributed by atoms with Gasteiger partial charge in [0.05, 0.1) is 11.0 Å². The molecular weight excluding hydrogens is 268 g/mol. The van der Waals surface area contributed by atoms with Crippen molar-refractivity contribution in [1.29, 1.82) is 0 Å². The quantitative estimate of drug-likeness (QED) is 0.640. The van der Waals surface area contributed by atoms with E-state index in [1.165, 1.54) is 11.1 Å². The molecule has 102 valence electrons. The Morgan fingerprint density at radius 3 is 2.50 bits per heavy atom. The largest absolute Gasteiger partial charge is 0.328 e. The lowest BCUT2D eigenvalue weighted by Gasteiger charge is -2.08. The van der Waals surface area contributed by atoms with Crippen molar-refractivity contribution in [2.24, 2.45) is 0 Å². The van der Waals surface area contributed by atoms with Crippen LogP contribution < -0.4 is 0 Å². The van der Waals surface area contributed by atoms with Gasteiger partial charge < -0.3 is 4.57 Å². The molecule has 0 aliphatic rings. The Bertz CT molecular complexity index is 689. The molecule has 0 radical (unpaired) electrons. The van der Waals surface area contributed by atoms with E-state index in [4.69, 9.17) is 16.6 Å². The first-order valence-corrected chi connectivity index (χ1v) is 7.46. The molecule has 0 aliphatic carbocycles. The maximum absolute atomic E-state index is 5.85. The zero-order valence-corrected chi connectivity index (χ0v) is 12.1. The van der Waals surface area contributed by atoms with E-state index >= 15 is 0 Å². The number of imidazole rings is 1. The number of halogens is 1. The van der Waals surface area contributed by atoms with Gasteiger partial charge in [0.2, 0.25) is 0 Å². The summed E-state index contributed by atoms with van der Waals surface area (Å²) in [6, 6.07) is 18.8. The van der Waals surface area contributed by atoms with Crippen LogP contribution in [0.3, 0.4) is 0 Å². The lowest BCUT2D eigenvalue weighted by atomic mass is 10.1. The van der Waals surface area contributed by atoms with Crippen LogP contribution in [0.15, 0.2) is 54.6 Å². The average Bonchev–Trinajstić information content (AvgIpc) is 2.83. The van der Waals surface area contributed by atoms with Crippen LogP contribution in [-0.4, -0.2) is 15.4 Å². The van der Waals surface area contributed by atoms with Crippen LogP contribution in [0.25, 0.3) is 11.0 Å². The summed E-state index contributed by atoms with van der Waals surface area (Å²) < 4.78 is 2.30. The fraction of sp³-hybridized carbons (Fsp3) is 0.235. The molecule has 0 bridgehead atoms. The second kappa shape index (κ2) is 6.10. The number of benzene rings is 2. The summed E-state index contributed by atoms with van der Waals surface area (Å²) in [5, 5.41) is 0. The first kappa shape index (κ1) is 13.2. The Morgan fingerprint density at radius 1 is 0.950 bits per heavy atom. The predicted molar refractivity (Wildman–Crippen MR) is 84.3 cm³/mol. The number of nitrogens with zero attached hydrogens (tertiary/aromatic N) is 2. The van der Waals surface area contributed by atoms with E-state index < -0.39 is 0 Å². The summed E-state index contributed by atoms with van der Waals surface area (Å²) in [7, 11) is 0. The van der Waals surface area contributed by atoms with E-state index in [1.54, 1.807) is 0 Å². The Balaban J connectivity index is 2.00. The number of alkyl halides is 1. The van der Waals surface area contributed by atoms with Crippen LogP contribution in [0, 0.1) is 0 Å². The predicted octanol–water partition coefficient (Wildman–Crippen LogP) is 4.26. The zero-order valence-electron chi connectivity index (χ0n) is 11.3. The molecule has 0 atom stereocenters. The number of hydrogen-bond donors (Lipinski definition) is 0. The van der Waals surface area contributed by atoms with Crippen molar-refractivity contribution in [3.63, 3.8) is 0 Å². The Hall–Kier alpha value is -1.80. The van der Waals surface area contributed by atoms with Crippen LogP contribution in [0.4, 0.5) is 0 Å². The second-order valence-electron chi connectivity index (χ2n) is 4.87. The van der Waals surface area contributed by atoms with Gasteiger partial charge in [-0.05, 0) is 24.1 Å². The fourth-order valence-corrected chi connectivity index (χ4v) is 2.63. The van der Waals surface area contributed by atoms with E-state index in [0.29, 0.717) is 5.88 Å². The molecule has 1 aromatic heterocycles. The molecule has 0 saturated carbocycles. The molecule has 0 unspecified atom stereocenters. The highest BCUT2D eigenvalue weighted by molar-refractivity contribution is 6.17. The van der Waals surface area contributed by atoms with Crippen LogP contribution in [0.2, 0.25) is 0 Å². The Labute approximate surface area is 124 Å². The molecule has 0 amide bonds. The highest BCUT2D eigenvalue weighted by Crippen LogP contribution is 2.19. The molecule has 20 heavy (non-hydrogen) atoms. The number of fused-ring (bicyclic) bond motifs is 1. The smallest absolute Gasteiger partial charge is 0.114 e. The van der Waals surface area contributed by atoms with Gasteiger partial charge in [0.15, 0.2) is 0 Å². The van der Waals surface area contributed by atoms with Crippen molar-refractivity contribution in [3.05, 3.63) is 66.0 Å². The minimum Gasteiger partial charge on any atom is -0.328 e. The van der Waals surface area contributed by atoms with Gasteiger partial charge in [0, 0.05) is 18.8 Å². The topological polar surface area (TPSA) is 17.8 Å². The summed E-state index contributed by atoms with van der Waals surface area (Å²) in [6.07, 6.45) is 1.82. The molecule has 2 nitrogen and oxygen atoms in total. The van der Waals surface area contributed by atoms with E-state index in [9.17, 15) is 0 Å². The third kappa shape index (κ3) is 2.70. The number of aromatic nitrogens is 2. The molecule has 1 heterocycles. The van der Waals surface area contributed by atoms with Gasteiger partial charge in [-0.2, -0.15) is 0 Å². The Kier molecular flexibility index (Phi) is 4.03. The molecule has 3 aromatic rings. The van der Waals surface area contributed by atoms with Crippen molar-refractivity contribution < 1.29 is 0 Å². The van der Waals surface area contributed by atoms with Gasteiger partial charge in [-0.3, -0.25) is 0 Å². The highest BCUT2D eigenvalue weighted by atomic mass is 35.5. The normalized spacial score (nSPS) is 11.1. The minimum absolute atomic E-state index is 0.678. The molecule has 2 aromatic carbocycles. The summed E-state index contributed by atoms with van der Waals surface area (Å²) in [5.74, 6) is 1.79. The number of para-hydroxylation sites is 2. The second-order valence-corrected chi connectivity index (χ2v) is 5.25. The maximum Gasteiger partial charge on any atom is 0.114 e. The molecule has 0 aliphatic heterocycles. The van der Waals surface area contributed by atoms with Gasteiger partial charge in [-0.25, -0.2) is 4.98 Å². The zero-order chi connectivity index (χ0) is 13.8. The number of rotatable bonds is 5.